The van der Waals surface area contributed by atoms with Gasteiger partial charge in [0, 0.05) is 6.07 Å². The van der Waals surface area contributed by atoms with Gasteiger partial charge >= 0.3 is 6.09 Å². The van der Waals surface area contributed by atoms with E-state index in [9.17, 15) is 4.79 Å². The van der Waals surface area contributed by atoms with E-state index in [0.29, 0.717) is 29.7 Å². The number of hydrogen-bond donors (Lipinski definition) is 1. The summed E-state index contributed by atoms with van der Waals surface area (Å²) < 4.78 is 15.7. The van der Waals surface area contributed by atoms with Crippen molar-refractivity contribution in [3.8, 4) is 11.5 Å². The van der Waals surface area contributed by atoms with Crippen LogP contribution in [0.5, 0.6) is 11.5 Å². The van der Waals surface area contributed by atoms with Crippen LogP contribution in [0.25, 0.3) is 0 Å². The normalized spacial score (nSPS) is 11.4. The van der Waals surface area contributed by atoms with Gasteiger partial charge in [0.05, 0.1) is 26.5 Å². The van der Waals surface area contributed by atoms with Crippen LogP contribution in [-0.4, -0.2) is 26.9 Å². The number of rotatable bonds is 10. The molecule has 23 heavy (non-hydrogen) atoms. The highest BCUT2D eigenvalue weighted by Gasteiger charge is 2.13. The first-order valence-electron chi connectivity index (χ1n) is 7.91. The third kappa shape index (κ3) is 6.63. The first kappa shape index (κ1) is 18.9. The number of methoxy groups -OCH3 is 2. The van der Waals surface area contributed by atoms with E-state index in [2.05, 4.69) is 18.8 Å². The van der Waals surface area contributed by atoms with E-state index in [1.807, 2.05) is 6.08 Å². The lowest BCUT2D eigenvalue weighted by Crippen LogP contribution is -2.19. The summed E-state index contributed by atoms with van der Waals surface area (Å²) >= 11 is 0. The van der Waals surface area contributed by atoms with Crippen LogP contribution in [0.4, 0.5) is 10.5 Å². The topological polar surface area (TPSA) is 56.8 Å². The Kier molecular flexibility index (Phi) is 8.65. The van der Waals surface area contributed by atoms with Gasteiger partial charge in [0.15, 0.2) is 0 Å². The lowest BCUT2D eigenvalue weighted by molar-refractivity contribution is 0.135. The summed E-state index contributed by atoms with van der Waals surface area (Å²) in [7, 11) is 3.12. The second kappa shape index (κ2) is 10.5. The molecule has 5 nitrogen and oxygen atoms in total. The van der Waals surface area contributed by atoms with Crippen molar-refractivity contribution < 1.29 is 19.0 Å². The number of benzene rings is 1. The quantitative estimate of drug-likeness (QED) is 0.638. The lowest BCUT2D eigenvalue weighted by Gasteiger charge is -2.16. The Morgan fingerprint density at radius 3 is 2.70 bits per heavy atom. The number of ether oxygens (including phenoxy) is 3. The first-order chi connectivity index (χ1) is 11.1. The predicted molar refractivity (Wildman–Crippen MR) is 92.3 cm³/mol. The lowest BCUT2D eigenvalue weighted by atomic mass is 9.99. The van der Waals surface area contributed by atoms with Crippen LogP contribution in [-0.2, 0) is 4.74 Å². The average molecular weight is 321 g/mol. The van der Waals surface area contributed by atoms with E-state index in [1.54, 1.807) is 25.3 Å². The van der Waals surface area contributed by atoms with E-state index in [4.69, 9.17) is 14.2 Å². The van der Waals surface area contributed by atoms with E-state index in [0.717, 1.165) is 25.7 Å². The summed E-state index contributed by atoms with van der Waals surface area (Å²) in [4.78, 5) is 12.0. The number of anilines is 1. The molecule has 0 saturated heterocycles. The van der Waals surface area contributed by atoms with Gasteiger partial charge in [0.1, 0.15) is 11.5 Å². The molecule has 5 heteroatoms. The molecule has 1 aromatic carbocycles. The molecule has 0 bridgehead atoms. The number of carbonyl (C=O) groups is 1. The van der Waals surface area contributed by atoms with Gasteiger partial charge in [-0.2, -0.15) is 0 Å². The molecule has 0 aliphatic rings. The molecule has 128 valence electrons. The van der Waals surface area contributed by atoms with Crippen molar-refractivity contribution >= 4 is 11.8 Å². The van der Waals surface area contributed by atoms with Crippen molar-refractivity contribution in [2.45, 2.75) is 32.6 Å². The highest BCUT2D eigenvalue weighted by atomic mass is 16.5. The van der Waals surface area contributed by atoms with E-state index >= 15 is 0 Å². The fraction of sp³-hybridized carbons (Fsp3) is 0.500. The van der Waals surface area contributed by atoms with Gasteiger partial charge in [-0.1, -0.05) is 19.4 Å². The molecule has 1 rings (SSSR count). The molecule has 0 aliphatic carbocycles. The SMILES string of the molecule is C=CCCC(CCC)COC(=O)Nc1ccc(OC)cc1OC. The second-order valence-corrected chi connectivity index (χ2v) is 5.31. The summed E-state index contributed by atoms with van der Waals surface area (Å²) in [5.74, 6) is 1.55. The molecular weight excluding hydrogens is 294 g/mol. The molecule has 0 saturated carbocycles. The van der Waals surface area contributed by atoms with Crippen molar-refractivity contribution in [2.24, 2.45) is 5.92 Å². The van der Waals surface area contributed by atoms with Crippen LogP contribution in [0.3, 0.4) is 0 Å². The molecule has 0 spiro atoms. The van der Waals surface area contributed by atoms with Crippen molar-refractivity contribution in [1.82, 2.24) is 0 Å². The zero-order valence-electron chi connectivity index (χ0n) is 14.3. The Hall–Kier alpha value is -2.17. The number of carbonyl (C=O) groups excluding carboxylic acids is 1. The summed E-state index contributed by atoms with van der Waals surface area (Å²) in [5.41, 5.74) is 0.552. The average Bonchev–Trinajstić information content (AvgIpc) is 2.57. The highest BCUT2D eigenvalue weighted by molar-refractivity contribution is 5.86. The highest BCUT2D eigenvalue weighted by Crippen LogP contribution is 2.29. The van der Waals surface area contributed by atoms with Gasteiger partial charge in [0.25, 0.3) is 0 Å². The third-order valence-electron chi connectivity index (χ3n) is 3.57. The van der Waals surface area contributed by atoms with Gasteiger partial charge < -0.3 is 14.2 Å². The molecular formula is C18H27NO4. The second-order valence-electron chi connectivity index (χ2n) is 5.31. The molecule has 0 aromatic heterocycles. The van der Waals surface area contributed by atoms with Crippen molar-refractivity contribution in [1.29, 1.82) is 0 Å². The first-order valence-corrected chi connectivity index (χ1v) is 7.91. The number of amides is 1. The van der Waals surface area contributed by atoms with Crippen molar-refractivity contribution in [3.05, 3.63) is 30.9 Å². The van der Waals surface area contributed by atoms with Gasteiger partial charge in [-0.15, -0.1) is 6.58 Å². The van der Waals surface area contributed by atoms with Crippen molar-refractivity contribution in [3.63, 3.8) is 0 Å². The molecule has 1 amide bonds. The molecule has 1 unspecified atom stereocenters. The summed E-state index contributed by atoms with van der Waals surface area (Å²) in [6, 6.07) is 5.18. The summed E-state index contributed by atoms with van der Waals surface area (Å²) in [6.45, 7) is 6.27. The van der Waals surface area contributed by atoms with Crippen LogP contribution < -0.4 is 14.8 Å². The minimum Gasteiger partial charge on any atom is -0.497 e. The Bertz CT molecular complexity index is 502. The fourth-order valence-electron chi connectivity index (χ4n) is 2.31. The maximum Gasteiger partial charge on any atom is 0.411 e. The zero-order chi connectivity index (χ0) is 17.1. The van der Waals surface area contributed by atoms with Gasteiger partial charge in [-0.05, 0) is 37.3 Å². The van der Waals surface area contributed by atoms with Crippen LogP contribution in [0.1, 0.15) is 32.6 Å². The van der Waals surface area contributed by atoms with Crippen LogP contribution in [0, 0.1) is 5.92 Å². The fourth-order valence-corrected chi connectivity index (χ4v) is 2.31. The zero-order valence-corrected chi connectivity index (χ0v) is 14.3. The molecule has 0 fully saturated rings. The van der Waals surface area contributed by atoms with Crippen molar-refractivity contribution in [2.75, 3.05) is 26.1 Å². The molecule has 1 atom stereocenters. The van der Waals surface area contributed by atoms with Crippen LogP contribution in [0.15, 0.2) is 30.9 Å². The Balaban J connectivity index is 2.56. The molecule has 1 aromatic rings. The molecule has 0 heterocycles. The van der Waals surface area contributed by atoms with Gasteiger partial charge in [-0.3, -0.25) is 5.32 Å². The predicted octanol–water partition coefficient (Wildman–Crippen LogP) is 4.63. The molecule has 1 N–H and O–H groups in total. The minimum atomic E-state index is -0.479. The Labute approximate surface area is 138 Å². The standard InChI is InChI=1S/C18H27NO4/c1-5-7-9-14(8-6-2)13-23-18(20)19-16-11-10-15(21-3)12-17(16)22-4/h5,10-12,14H,1,6-9,13H2,2-4H3,(H,19,20). The Morgan fingerprint density at radius 2 is 2.09 bits per heavy atom. The third-order valence-corrected chi connectivity index (χ3v) is 3.57. The molecule has 0 aliphatic heterocycles. The van der Waals surface area contributed by atoms with Crippen LogP contribution >= 0.6 is 0 Å². The largest absolute Gasteiger partial charge is 0.497 e. The Morgan fingerprint density at radius 1 is 1.30 bits per heavy atom. The van der Waals surface area contributed by atoms with E-state index in [-0.39, 0.29) is 0 Å². The van der Waals surface area contributed by atoms with Gasteiger partial charge in [0.2, 0.25) is 0 Å². The van der Waals surface area contributed by atoms with E-state index in [1.165, 1.54) is 7.11 Å². The maximum atomic E-state index is 12.0. The maximum absolute atomic E-state index is 12.0. The summed E-state index contributed by atoms with van der Waals surface area (Å²) in [5, 5.41) is 2.70. The van der Waals surface area contributed by atoms with E-state index < -0.39 is 6.09 Å². The molecule has 0 radical (unpaired) electrons. The van der Waals surface area contributed by atoms with Gasteiger partial charge in [-0.25, -0.2) is 4.79 Å². The van der Waals surface area contributed by atoms with Crippen LogP contribution in [0.2, 0.25) is 0 Å². The number of allylic oxidation sites excluding steroid dienone is 1. The number of nitrogens with one attached hydrogen (secondary N) is 1. The summed E-state index contributed by atoms with van der Waals surface area (Å²) in [6.07, 6.45) is 5.43. The monoisotopic (exact) mass is 321 g/mol. The smallest absolute Gasteiger partial charge is 0.411 e. The minimum absolute atomic E-state index is 0.363. The number of hydrogen-bond acceptors (Lipinski definition) is 4.